The predicted molar refractivity (Wildman–Crippen MR) is 92.9 cm³/mol. The maximum atomic E-state index is 10.5. The average molecular weight is 371 g/mol. The van der Waals surface area contributed by atoms with Crippen LogP contribution in [0.1, 0.15) is 31.5 Å². The van der Waals surface area contributed by atoms with E-state index in [0.29, 0.717) is 10.8 Å². The van der Waals surface area contributed by atoms with Crippen LogP contribution in [0, 0.1) is 6.92 Å². The molecule has 24 heavy (non-hydrogen) atoms. The molecular weight excluding hydrogens is 350 g/mol. The zero-order chi connectivity index (χ0) is 18.5. The third kappa shape index (κ3) is 5.83. The lowest BCUT2D eigenvalue weighted by molar-refractivity contribution is 0.445. The highest BCUT2D eigenvalue weighted by Crippen LogP contribution is 2.21. The molecule has 1 fully saturated rings. The van der Waals surface area contributed by atoms with Crippen LogP contribution < -0.4 is 5.32 Å². The lowest BCUT2D eigenvalue weighted by atomic mass is 9.97. The minimum absolute atomic E-state index is 0.0666. The fourth-order valence-corrected chi connectivity index (χ4v) is 2.73. The van der Waals surface area contributed by atoms with Crippen molar-refractivity contribution in [2.75, 3.05) is 13.1 Å². The van der Waals surface area contributed by atoms with Gasteiger partial charge >= 0.3 is 0 Å². The Morgan fingerprint density at radius 2 is 1.75 bits per heavy atom. The molecule has 0 atom stereocenters. The summed E-state index contributed by atoms with van der Waals surface area (Å²) in [5, 5.41) is 3.74. The standard InChI is InChI=1S/C9H12ClN3.C7H8O3S/c10-8-5-12-9(13-6-8)7-1-3-11-4-2-7;1-6-2-4-7(5-3-6)11(8,9)10/h5-7,11H,1-4H2;2-5H,1H3,(H,8,9,10)/i7D;. The molecule has 1 aliphatic heterocycles. The van der Waals surface area contributed by atoms with Crippen LogP contribution in [0.25, 0.3) is 0 Å². The first-order valence-corrected chi connectivity index (χ1v) is 9.25. The van der Waals surface area contributed by atoms with Crippen molar-refractivity contribution in [2.24, 2.45) is 0 Å². The van der Waals surface area contributed by atoms with Gasteiger partial charge in [-0.3, -0.25) is 4.55 Å². The zero-order valence-corrected chi connectivity index (χ0v) is 14.8. The zero-order valence-electron chi connectivity index (χ0n) is 14.2. The summed E-state index contributed by atoms with van der Waals surface area (Å²) in [6.45, 7) is 3.55. The quantitative estimate of drug-likeness (QED) is 0.790. The number of hydrogen-bond acceptors (Lipinski definition) is 5. The molecule has 0 saturated carbocycles. The van der Waals surface area contributed by atoms with Gasteiger partial charge in [-0.15, -0.1) is 0 Å². The van der Waals surface area contributed by atoms with Gasteiger partial charge in [-0.25, -0.2) is 9.97 Å². The Hall–Kier alpha value is -1.54. The monoisotopic (exact) mass is 370 g/mol. The highest BCUT2D eigenvalue weighted by atomic mass is 35.5. The first-order valence-electron chi connectivity index (χ1n) is 7.94. The highest BCUT2D eigenvalue weighted by molar-refractivity contribution is 7.85. The topological polar surface area (TPSA) is 92.2 Å². The van der Waals surface area contributed by atoms with Crippen molar-refractivity contribution in [1.29, 1.82) is 0 Å². The second-order valence-corrected chi connectivity index (χ2v) is 7.22. The number of halogens is 1. The maximum absolute atomic E-state index is 10.5. The molecule has 8 heteroatoms. The summed E-state index contributed by atoms with van der Waals surface area (Å²) in [7, 11) is -4.02. The van der Waals surface area contributed by atoms with Gasteiger partial charge in [-0.1, -0.05) is 29.3 Å². The molecule has 1 aromatic heterocycles. The van der Waals surface area contributed by atoms with E-state index in [1.54, 1.807) is 24.5 Å². The smallest absolute Gasteiger partial charge is 0.294 e. The Balaban J connectivity index is 0.000000186. The fourth-order valence-electron chi connectivity index (χ4n) is 2.16. The summed E-state index contributed by atoms with van der Waals surface area (Å²) in [6, 6.07) is 5.99. The Labute approximate surface area is 148 Å². The van der Waals surface area contributed by atoms with Crippen LogP contribution in [-0.2, 0) is 10.1 Å². The van der Waals surface area contributed by atoms with Crippen LogP contribution in [0.3, 0.4) is 0 Å². The normalized spacial score (nSPS) is 17.4. The summed E-state index contributed by atoms with van der Waals surface area (Å²) < 4.78 is 37.8. The van der Waals surface area contributed by atoms with Crippen LogP contribution in [0.2, 0.25) is 5.02 Å². The minimum Gasteiger partial charge on any atom is -0.317 e. The fraction of sp³-hybridized carbons (Fsp3) is 0.375. The van der Waals surface area contributed by atoms with Gasteiger partial charge in [0, 0.05) is 19.7 Å². The van der Waals surface area contributed by atoms with Crippen LogP contribution in [0.5, 0.6) is 0 Å². The molecule has 1 aromatic carbocycles. The molecule has 2 N–H and O–H groups in total. The molecule has 0 unspecified atom stereocenters. The van der Waals surface area contributed by atoms with Crippen molar-refractivity contribution < 1.29 is 14.3 Å². The van der Waals surface area contributed by atoms with Gasteiger partial charge in [-0.05, 0) is 45.0 Å². The number of rotatable bonds is 2. The van der Waals surface area contributed by atoms with Crippen LogP contribution in [0.4, 0.5) is 0 Å². The van der Waals surface area contributed by atoms with E-state index in [1.807, 2.05) is 6.92 Å². The maximum Gasteiger partial charge on any atom is 0.294 e. The van der Waals surface area contributed by atoms with E-state index in [0.717, 1.165) is 31.5 Å². The largest absolute Gasteiger partial charge is 0.317 e. The van der Waals surface area contributed by atoms with E-state index in [1.165, 1.54) is 12.1 Å². The third-order valence-corrected chi connectivity index (χ3v) is 4.53. The molecule has 1 aliphatic rings. The highest BCUT2D eigenvalue weighted by Gasteiger charge is 2.17. The van der Waals surface area contributed by atoms with Crippen molar-refractivity contribution in [3.8, 4) is 0 Å². The van der Waals surface area contributed by atoms with Gasteiger partial charge in [0.2, 0.25) is 0 Å². The Kier molecular flexibility index (Phi) is 6.14. The first kappa shape index (κ1) is 17.3. The second kappa shape index (κ2) is 8.53. The number of benzene rings is 1. The van der Waals surface area contributed by atoms with E-state index in [4.69, 9.17) is 17.5 Å². The Bertz CT molecular complexity index is 792. The number of nitrogens with one attached hydrogen (secondary N) is 1. The number of nitrogens with zero attached hydrogens (tertiary/aromatic N) is 2. The van der Waals surface area contributed by atoms with Crippen molar-refractivity contribution in [3.05, 3.63) is 53.1 Å². The van der Waals surface area contributed by atoms with E-state index >= 15 is 0 Å². The molecule has 0 amide bonds. The molecule has 0 aliphatic carbocycles. The van der Waals surface area contributed by atoms with Gasteiger partial charge in [0.15, 0.2) is 0 Å². The van der Waals surface area contributed by atoms with Gasteiger partial charge in [0.25, 0.3) is 10.1 Å². The van der Waals surface area contributed by atoms with Gasteiger partial charge in [0.05, 0.1) is 9.92 Å². The predicted octanol–water partition coefficient (Wildman–Crippen LogP) is 2.84. The molecule has 130 valence electrons. The van der Waals surface area contributed by atoms with Crippen molar-refractivity contribution in [1.82, 2.24) is 15.3 Å². The number of hydrogen-bond donors (Lipinski definition) is 2. The lowest BCUT2D eigenvalue weighted by Gasteiger charge is -2.20. The molecular formula is C16H20ClN3O3S. The molecule has 0 radical (unpaired) electrons. The molecule has 0 bridgehead atoms. The Morgan fingerprint density at radius 3 is 2.25 bits per heavy atom. The molecule has 2 heterocycles. The van der Waals surface area contributed by atoms with Crippen LogP contribution in [0.15, 0.2) is 41.6 Å². The summed E-state index contributed by atoms with van der Waals surface area (Å²) in [4.78, 5) is 8.16. The van der Waals surface area contributed by atoms with Gasteiger partial charge in [0.1, 0.15) is 5.82 Å². The SMILES string of the molecule is Cc1ccc(S(=O)(=O)O)cc1.[2H]C1(c2ncc(Cl)cn2)CCNCC1. The van der Waals surface area contributed by atoms with Crippen molar-refractivity contribution in [3.63, 3.8) is 0 Å². The lowest BCUT2D eigenvalue weighted by Crippen LogP contribution is -2.27. The number of aromatic nitrogens is 2. The number of aryl methyl sites for hydroxylation is 1. The van der Waals surface area contributed by atoms with E-state index in [9.17, 15) is 8.42 Å². The summed E-state index contributed by atoms with van der Waals surface area (Å²) in [6.07, 6.45) is 4.63. The Morgan fingerprint density at radius 1 is 1.21 bits per heavy atom. The van der Waals surface area contributed by atoms with E-state index < -0.39 is 16.0 Å². The van der Waals surface area contributed by atoms with Crippen molar-refractivity contribution in [2.45, 2.75) is 30.6 Å². The number of piperidine rings is 1. The molecule has 3 rings (SSSR count). The second-order valence-electron chi connectivity index (χ2n) is 5.37. The summed E-state index contributed by atoms with van der Waals surface area (Å²) in [5.41, 5.74) is 0.956. The van der Waals surface area contributed by atoms with Crippen LogP contribution >= 0.6 is 11.6 Å². The van der Waals surface area contributed by atoms with Gasteiger partial charge < -0.3 is 5.32 Å². The molecule has 0 spiro atoms. The minimum atomic E-state index is -4.02. The van der Waals surface area contributed by atoms with Crippen molar-refractivity contribution >= 4 is 21.7 Å². The average Bonchev–Trinajstić information content (AvgIpc) is 2.56. The first-order chi connectivity index (χ1) is 11.7. The summed E-state index contributed by atoms with van der Waals surface area (Å²) >= 11 is 5.70. The molecule has 6 nitrogen and oxygen atoms in total. The third-order valence-electron chi connectivity index (χ3n) is 3.46. The van der Waals surface area contributed by atoms with E-state index in [2.05, 4.69) is 15.3 Å². The van der Waals surface area contributed by atoms with Gasteiger partial charge in [-0.2, -0.15) is 8.42 Å². The van der Waals surface area contributed by atoms with E-state index in [-0.39, 0.29) is 4.90 Å². The van der Waals surface area contributed by atoms with Crippen LogP contribution in [-0.4, -0.2) is 36.0 Å². The molecule has 1 saturated heterocycles. The molecule has 2 aromatic rings. The summed E-state index contributed by atoms with van der Waals surface area (Å²) in [5.74, 6) is -0.0426.